The van der Waals surface area contributed by atoms with E-state index >= 15 is 0 Å². The number of halogens is 1. The maximum Gasteiger partial charge on any atom is 0.239 e. The molecule has 0 aliphatic heterocycles. The van der Waals surface area contributed by atoms with Gasteiger partial charge in [-0.2, -0.15) is 0 Å². The summed E-state index contributed by atoms with van der Waals surface area (Å²) in [6.07, 6.45) is -0.153. The number of anilines is 2. The molecule has 1 rings (SSSR count). The highest BCUT2D eigenvalue weighted by Crippen LogP contribution is 2.28. The molecule has 0 aliphatic rings. The van der Waals surface area contributed by atoms with Crippen molar-refractivity contribution < 1.29 is 13.9 Å². The van der Waals surface area contributed by atoms with Gasteiger partial charge in [0.2, 0.25) is 5.91 Å². The number of carbonyl (C=O) groups is 1. The molecular weight excluding hydrogens is 273 g/mol. The zero-order valence-corrected chi connectivity index (χ0v) is 13.2. The van der Waals surface area contributed by atoms with Crippen LogP contribution in [0, 0.1) is 5.82 Å². The standard InChI is InChI=1S/C15H24FN3O2/c1-9(2)21-13-7-12(11(17)6-10(13)16)18-8-14(20)19-15(3,4)5/h6-7,9,18H,8,17H2,1-5H3,(H,19,20). The first-order valence-corrected chi connectivity index (χ1v) is 6.89. The molecule has 1 amide bonds. The second kappa shape index (κ2) is 6.65. The van der Waals surface area contributed by atoms with Crippen LogP contribution < -0.4 is 21.1 Å². The Hall–Kier alpha value is -1.98. The molecule has 0 atom stereocenters. The van der Waals surface area contributed by atoms with E-state index in [9.17, 15) is 9.18 Å². The van der Waals surface area contributed by atoms with Crippen molar-refractivity contribution in [2.45, 2.75) is 46.3 Å². The third-order valence-electron chi connectivity index (χ3n) is 2.42. The monoisotopic (exact) mass is 297 g/mol. The van der Waals surface area contributed by atoms with E-state index in [0.717, 1.165) is 0 Å². The predicted octanol–water partition coefficient (Wildman–Crippen LogP) is 2.52. The van der Waals surface area contributed by atoms with Gasteiger partial charge in [0.15, 0.2) is 11.6 Å². The highest BCUT2D eigenvalue weighted by atomic mass is 19.1. The minimum Gasteiger partial charge on any atom is -0.488 e. The van der Waals surface area contributed by atoms with E-state index in [1.165, 1.54) is 12.1 Å². The fourth-order valence-corrected chi connectivity index (χ4v) is 1.70. The molecule has 0 aliphatic carbocycles. The Morgan fingerprint density at radius 3 is 2.52 bits per heavy atom. The molecule has 0 unspecified atom stereocenters. The average molecular weight is 297 g/mol. The van der Waals surface area contributed by atoms with E-state index in [4.69, 9.17) is 10.5 Å². The van der Waals surface area contributed by atoms with Gasteiger partial charge in [-0.25, -0.2) is 4.39 Å². The fourth-order valence-electron chi connectivity index (χ4n) is 1.70. The van der Waals surface area contributed by atoms with E-state index < -0.39 is 5.82 Å². The lowest BCUT2D eigenvalue weighted by molar-refractivity contribution is -0.120. The predicted molar refractivity (Wildman–Crippen MR) is 83.0 cm³/mol. The number of nitrogens with one attached hydrogen (secondary N) is 2. The van der Waals surface area contributed by atoms with Crippen LogP contribution in [0.5, 0.6) is 5.75 Å². The van der Waals surface area contributed by atoms with Crippen molar-refractivity contribution in [2.24, 2.45) is 0 Å². The Kier molecular flexibility index (Phi) is 5.41. The van der Waals surface area contributed by atoms with Gasteiger partial charge in [0.1, 0.15) is 0 Å². The van der Waals surface area contributed by atoms with Crippen LogP contribution in [0.3, 0.4) is 0 Å². The molecule has 118 valence electrons. The van der Waals surface area contributed by atoms with Gasteiger partial charge in [-0.15, -0.1) is 0 Å². The molecule has 0 heterocycles. The summed E-state index contributed by atoms with van der Waals surface area (Å²) in [5, 5.41) is 5.71. The van der Waals surface area contributed by atoms with E-state index in [-0.39, 0.29) is 35.5 Å². The van der Waals surface area contributed by atoms with Crippen molar-refractivity contribution in [3.63, 3.8) is 0 Å². The molecule has 0 radical (unpaired) electrons. The van der Waals surface area contributed by atoms with Crippen LogP contribution >= 0.6 is 0 Å². The van der Waals surface area contributed by atoms with Gasteiger partial charge in [0.25, 0.3) is 0 Å². The number of rotatable bonds is 5. The number of hydrogen-bond acceptors (Lipinski definition) is 4. The first-order chi connectivity index (χ1) is 9.58. The summed E-state index contributed by atoms with van der Waals surface area (Å²) in [7, 11) is 0. The smallest absolute Gasteiger partial charge is 0.239 e. The Labute approximate surface area is 125 Å². The Bertz CT molecular complexity index is 510. The van der Waals surface area contributed by atoms with Gasteiger partial charge < -0.3 is 21.1 Å². The van der Waals surface area contributed by atoms with Crippen molar-refractivity contribution in [1.82, 2.24) is 5.32 Å². The van der Waals surface area contributed by atoms with Gasteiger partial charge in [-0.05, 0) is 34.6 Å². The Morgan fingerprint density at radius 1 is 1.38 bits per heavy atom. The molecule has 0 aromatic heterocycles. The lowest BCUT2D eigenvalue weighted by atomic mass is 10.1. The quantitative estimate of drug-likeness (QED) is 0.730. The highest BCUT2D eigenvalue weighted by molar-refractivity contribution is 5.83. The van der Waals surface area contributed by atoms with Crippen molar-refractivity contribution in [3.05, 3.63) is 17.9 Å². The summed E-state index contributed by atoms with van der Waals surface area (Å²) in [5.41, 5.74) is 6.14. The van der Waals surface area contributed by atoms with Crippen LogP contribution in [-0.4, -0.2) is 24.1 Å². The topological polar surface area (TPSA) is 76.4 Å². The molecule has 0 bridgehead atoms. The van der Waals surface area contributed by atoms with Gasteiger partial charge in [0.05, 0.1) is 24.0 Å². The number of ether oxygens (including phenoxy) is 1. The maximum absolute atomic E-state index is 13.7. The average Bonchev–Trinajstić information content (AvgIpc) is 2.28. The lowest BCUT2D eigenvalue weighted by Crippen LogP contribution is -2.43. The van der Waals surface area contributed by atoms with Crippen LogP contribution in [-0.2, 0) is 4.79 Å². The van der Waals surface area contributed by atoms with Gasteiger partial charge in [0, 0.05) is 17.7 Å². The molecule has 0 spiro atoms. The normalized spacial score (nSPS) is 11.4. The second-order valence-electron chi connectivity index (χ2n) is 6.19. The summed E-state index contributed by atoms with van der Waals surface area (Å²) in [5.74, 6) is -0.582. The van der Waals surface area contributed by atoms with Crippen LogP contribution in [0.25, 0.3) is 0 Å². The molecule has 4 N–H and O–H groups in total. The van der Waals surface area contributed by atoms with Crippen molar-refractivity contribution in [2.75, 3.05) is 17.6 Å². The first-order valence-electron chi connectivity index (χ1n) is 6.89. The largest absolute Gasteiger partial charge is 0.488 e. The first kappa shape index (κ1) is 17.1. The second-order valence-corrected chi connectivity index (χ2v) is 6.19. The molecule has 5 nitrogen and oxygen atoms in total. The summed E-state index contributed by atoms with van der Waals surface area (Å²) >= 11 is 0. The number of hydrogen-bond donors (Lipinski definition) is 3. The lowest BCUT2D eigenvalue weighted by Gasteiger charge is -2.21. The maximum atomic E-state index is 13.7. The number of carbonyl (C=O) groups excluding carboxylic acids is 1. The van der Waals surface area contributed by atoms with Gasteiger partial charge in [-0.3, -0.25) is 4.79 Å². The molecule has 0 fully saturated rings. The van der Waals surface area contributed by atoms with Crippen molar-refractivity contribution in [1.29, 1.82) is 0 Å². The molecule has 0 saturated heterocycles. The van der Waals surface area contributed by atoms with E-state index in [1.54, 1.807) is 13.8 Å². The van der Waals surface area contributed by atoms with Gasteiger partial charge in [-0.1, -0.05) is 0 Å². The van der Waals surface area contributed by atoms with Crippen molar-refractivity contribution >= 4 is 17.3 Å². The van der Waals surface area contributed by atoms with Crippen LogP contribution in [0.4, 0.5) is 15.8 Å². The Morgan fingerprint density at radius 2 is 2.00 bits per heavy atom. The zero-order valence-electron chi connectivity index (χ0n) is 13.2. The van der Waals surface area contributed by atoms with E-state index in [1.807, 2.05) is 20.8 Å². The molecule has 1 aromatic carbocycles. The summed E-state index contributed by atoms with van der Waals surface area (Å²) in [4.78, 5) is 11.8. The van der Waals surface area contributed by atoms with Crippen molar-refractivity contribution in [3.8, 4) is 5.75 Å². The number of nitrogen functional groups attached to an aromatic ring is 1. The van der Waals surface area contributed by atoms with Crippen LogP contribution in [0.1, 0.15) is 34.6 Å². The summed E-state index contributed by atoms with van der Waals surface area (Å²) in [6.45, 7) is 9.34. The third-order valence-corrected chi connectivity index (χ3v) is 2.42. The molecule has 1 aromatic rings. The third kappa shape index (κ3) is 5.89. The molecular formula is C15H24FN3O2. The minimum atomic E-state index is -0.522. The SMILES string of the molecule is CC(C)Oc1cc(NCC(=O)NC(C)(C)C)c(N)cc1F. The number of nitrogens with two attached hydrogens (primary N) is 1. The number of benzene rings is 1. The summed E-state index contributed by atoms with van der Waals surface area (Å²) in [6, 6.07) is 2.65. The zero-order chi connectivity index (χ0) is 16.2. The van der Waals surface area contributed by atoms with E-state index in [0.29, 0.717) is 5.69 Å². The van der Waals surface area contributed by atoms with Crippen LogP contribution in [0.2, 0.25) is 0 Å². The molecule has 21 heavy (non-hydrogen) atoms. The number of amides is 1. The minimum absolute atomic E-state index is 0.0498. The van der Waals surface area contributed by atoms with Gasteiger partial charge >= 0.3 is 0 Å². The fraction of sp³-hybridized carbons (Fsp3) is 0.533. The highest BCUT2D eigenvalue weighted by Gasteiger charge is 2.15. The molecule has 6 heteroatoms. The summed E-state index contributed by atoms with van der Waals surface area (Å²) < 4.78 is 19.1. The van der Waals surface area contributed by atoms with Crippen LogP contribution in [0.15, 0.2) is 12.1 Å². The Balaban J connectivity index is 2.77. The van der Waals surface area contributed by atoms with E-state index in [2.05, 4.69) is 10.6 Å². The molecule has 0 saturated carbocycles.